The highest BCUT2D eigenvalue weighted by Gasteiger charge is 2.18. The summed E-state index contributed by atoms with van der Waals surface area (Å²) < 4.78 is 5.82. The number of nitrogens with two attached hydrogens (primary N) is 1. The maximum absolute atomic E-state index is 12.4. The first-order chi connectivity index (χ1) is 14.9. The summed E-state index contributed by atoms with van der Waals surface area (Å²) in [5.74, 6) is -0.872. The van der Waals surface area contributed by atoms with Crippen LogP contribution >= 0.6 is 0 Å². The number of nitrogens with zero attached hydrogens (tertiary/aromatic N) is 1. The van der Waals surface area contributed by atoms with E-state index in [9.17, 15) is 14.4 Å². The SMILES string of the molecule is NC(=O)Nc1ccc(C(=O)Nc2ccc(OC(CC(=O)O)c3cccnc3)cc2)cc1. The van der Waals surface area contributed by atoms with Crippen LogP contribution in [-0.4, -0.2) is 28.0 Å². The van der Waals surface area contributed by atoms with E-state index < -0.39 is 18.1 Å². The van der Waals surface area contributed by atoms with Crippen LogP contribution in [0.1, 0.15) is 28.4 Å². The van der Waals surface area contributed by atoms with Crippen molar-refractivity contribution in [2.75, 3.05) is 10.6 Å². The normalized spacial score (nSPS) is 11.2. The molecule has 0 bridgehead atoms. The predicted molar refractivity (Wildman–Crippen MR) is 114 cm³/mol. The molecule has 0 aliphatic heterocycles. The summed E-state index contributed by atoms with van der Waals surface area (Å²) in [6.45, 7) is 0. The van der Waals surface area contributed by atoms with E-state index in [1.54, 1.807) is 73.1 Å². The molecule has 0 saturated heterocycles. The van der Waals surface area contributed by atoms with Crippen LogP contribution in [0.5, 0.6) is 5.75 Å². The highest BCUT2D eigenvalue weighted by Crippen LogP contribution is 2.26. The van der Waals surface area contributed by atoms with Gasteiger partial charge in [-0.2, -0.15) is 0 Å². The van der Waals surface area contributed by atoms with Crippen LogP contribution < -0.4 is 21.1 Å². The van der Waals surface area contributed by atoms with E-state index in [0.29, 0.717) is 28.3 Å². The van der Waals surface area contributed by atoms with Crippen molar-refractivity contribution in [3.05, 3.63) is 84.2 Å². The Hall–Kier alpha value is -4.40. The number of anilines is 2. The second-order valence-electron chi connectivity index (χ2n) is 6.54. The number of hydrogen-bond donors (Lipinski definition) is 4. The number of pyridine rings is 1. The molecule has 2 aromatic carbocycles. The van der Waals surface area contributed by atoms with Crippen LogP contribution in [0.4, 0.5) is 16.2 Å². The third-order valence-electron chi connectivity index (χ3n) is 4.22. The first kappa shape index (κ1) is 21.3. The number of carboxylic acid groups (broad SMARTS) is 1. The summed E-state index contributed by atoms with van der Waals surface area (Å²) in [7, 11) is 0. The number of ether oxygens (including phenoxy) is 1. The monoisotopic (exact) mass is 420 g/mol. The lowest BCUT2D eigenvalue weighted by Gasteiger charge is -2.18. The zero-order valence-corrected chi connectivity index (χ0v) is 16.3. The smallest absolute Gasteiger partial charge is 0.316 e. The lowest BCUT2D eigenvalue weighted by Crippen LogP contribution is -2.19. The standard InChI is InChI=1S/C22H20N4O5/c23-22(30)26-17-5-3-14(4-6-17)21(29)25-16-7-9-18(10-8-16)31-19(12-20(27)28)15-2-1-11-24-13-15/h1-11,13,19H,12H2,(H,25,29)(H,27,28)(H3,23,26,30). The van der Waals surface area contributed by atoms with Crippen molar-refractivity contribution in [1.82, 2.24) is 4.98 Å². The zero-order chi connectivity index (χ0) is 22.2. The molecule has 1 unspecified atom stereocenters. The van der Waals surface area contributed by atoms with E-state index in [1.165, 1.54) is 0 Å². The predicted octanol–water partition coefficient (Wildman–Crippen LogP) is 3.42. The number of aliphatic carboxylic acids is 1. The molecule has 0 radical (unpaired) electrons. The van der Waals surface area contributed by atoms with Gasteiger partial charge in [0, 0.05) is 34.9 Å². The molecule has 158 valence electrons. The maximum Gasteiger partial charge on any atom is 0.316 e. The van der Waals surface area contributed by atoms with Crippen molar-refractivity contribution >= 4 is 29.3 Å². The first-order valence-electron chi connectivity index (χ1n) is 9.27. The number of benzene rings is 2. The van der Waals surface area contributed by atoms with Crippen molar-refractivity contribution in [3.8, 4) is 5.75 Å². The lowest BCUT2D eigenvalue weighted by molar-refractivity contribution is -0.138. The summed E-state index contributed by atoms with van der Waals surface area (Å²) in [5.41, 5.74) is 7.11. The van der Waals surface area contributed by atoms with Crippen molar-refractivity contribution in [2.24, 2.45) is 5.73 Å². The van der Waals surface area contributed by atoms with Crippen LogP contribution in [0.25, 0.3) is 0 Å². The average Bonchev–Trinajstić information content (AvgIpc) is 2.75. The Balaban J connectivity index is 1.64. The van der Waals surface area contributed by atoms with E-state index >= 15 is 0 Å². The van der Waals surface area contributed by atoms with Crippen molar-refractivity contribution in [3.63, 3.8) is 0 Å². The molecule has 1 aromatic heterocycles. The molecule has 9 heteroatoms. The third-order valence-corrected chi connectivity index (χ3v) is 4.22. The molecule has 0 aliphatic carbocycles. The quantitative estimate of drug-likeness (QED) is 0.440. The van der Waals surface area contributed by atoms with Gasteiger partial charge in [-0.1, -0.05) is 6.07 Å². The van der Waals surface area contributed by atoms with Crippen LogP contribution in [-0.2, 0) is 4.79 Å². The molecule has 0 aliphatic rings. The van der Waals surface area contributed by atoms with Crippen molar-refractivity contribution in [2.45, 2.75) is 12.5 Å². The van der Waals surface area contributed by atoms with Crippen molar-refractivity contribution in [1.29, 1.82) is 0 Å². The second kappa shape index (κ2) is 9.88. The van der Waals surface area contributed by atoms with Crippen LogP contribution in [0.2, 0.25) is 0 Å². The number of carbonyl (C=O) groups excluding carboxylic acids is 2. The number of rotatable bonds is 8. The zero-order valence-electron chi connectivity index (χ0n) is 16.3. The van der Waals surface area contributed by atoms with Crippen LogP contribution in [0.3, 0.4) is 0 Å². The Morgan fingerprint density at radius 1 is 0.968 bits per heavy atom. The van der Waals surface area contributed by atoms with Gasteiger partial charge < -0.3 is 26.2 Å². The fourth-order valence-electron chi connectivity index (χ4n) is 2.78. The van der Waals surface area contributed by atoms with E-state index in [1.807, 2.05) is 0 Å². The van der Waals surface area contributed by atoms with E-state index in [2.05, 4.69) is 15.6 Å². The van der Waals surface area contributed by atoms with E-state index in [-0.39, 0.29) is 12.3 Å². The molecule has 3 aromatic rings. The number of primary amides is 1. The Morgan fingerprint density at radius 2 is 1.61 bits per heavy atom. The summed E-state index contributed by atoms with van der Waals surface area (Å²) in [6, 6.07) is 15.6. The Labute approximate surface area is 177 Å². The van der Waals surface area contributed by atoms with Gasteiger partial charge in [0.25, 0.3) is 5.91 Å². The van der Waals surface area contributed by atoms with Crippen LogP contribution in [0, 0.1) is 0 Å². The van der Waals surface area contributed by atoms with Gasteiger partial charge in [-0.3, -0.25) is 14.6 Å². The Bertz CT molecular complexity index is 1050. The molecule has 3 amide bonds. The van der Waals surface area contributed by atoms with Gasteiger partial charge in [-0.15, -0.1) is 0 Å². The van der Waals surface area contributed by atoms with Crippen molar-refractivity contribution < 1.29 is 24.2 Å². The number of carboxylic acids is 1. The molecule has 1 atom stereocenters. The van der Waals surface area contributed by atoms with Gasteiger partial charge in [-0.05, 0) is 54.6 Å². The van der Waals surface area contributed by atoms with Gasteiger partial charge in [-0.25, -0.2) is 4.79 Å². The van der Waals surface area contributed by atoms with Gasteiger partial charge in [0.1, 0.15) is 11.9 Å². The lowest BCUT2D eigenvalue weighted by atomic mass is 10.1. The Morgan fingerprint density at radius 3 is 2.19 bits per heavy atom. The molecule has 0 spiro atoms. The fraction of sp³-hybridized carbons (Fsp3) is 0.0909. The number of amides is 3. The molecule has 31 heavy (non-hydrogen) atoms. The molecular weight excluding hydrogens is 400 g/mol. The van der Waals surface area contributed by atoms with Gasteiger partial charge in [0.2, 0.25) is 0 Å². The maximum atomic E-state index is 12.4. The van der Waals surface area contributed by atoms with Gasteiger partial charge in [0.15, 0.2) is 0 Å². The highest BCUT2D eigenvalue weighted by atomic mass is 16.5. The summed E-state index contributed by atoms with van der Waals surface area (Å²) in [4.78, 5) is 38.4. The molecule has 1 heterocycles. The first-order valence-corrected chi connectivity index (χ1v) is 9.27. The van der Waals surface area contributed by atoms with Gasteiger partial charge in [0.05, 0.1) is 6.42 Å². The summed E-state index contributed by atoms with van der Waals surface area (Å²) in [6.07, 6.45) is 2.25. The fourth-order valence-corrected chi connectivity index (χ4v) is 2.78. The molecule has 9 nitrogen and oxygen atoms in total. The molecule has 0 fully saturated rings. The number of nitrogens with one attached hydrogen (secondary N) is 2. The molecular formula is C22H20N4O5. The van der Waals surface area contributed by atoms with Gasteiger partial charge >= 0.3 is 12.0 Å². The number of hydrogen-bond acceptors (Lipinski definition) is 5. The second-order valence-corrected chi connectivity index (χ2v) is 6.54. The minimum Gasteiger partial charge on any atom is -0.485 e. The van der Waals surface area contributed by atoms with E-state index in [4.69, 9.17) is 15.6 Å². The minimum atomic E-state index is -0.991. The van der Waals surface area contributed by atoms with Crippen LogP contribution in [0.15, 0.2) is 73.1 Å². The van der Waals surface area contributed by atoms with E-state index in [0.717, 1.165) is 0 Å². The third kappa shape index (κ3) is 6.29. The Kier molecular flexibility index (Phi) is 6.79. The molecule has 3 rings (SSSR count). The molecule has 0 saturated carbocycles. The largest absolute Gasteiger partial charge is 0.485 e. The summed E-state index contributed by atoms with van der Waals surface area (Å²) >= 11 is 0. The number of carbonyl (C=O) groups is 3. The minimum absolute atomic E-state index is 0.217. The number of aromatic nitrogens is 1. The molecule has 5 N–H and O–H groups in total. The highest BCUT2D eigenvalue weighted by molar-refractivity contribution is 6.04. The average molecular weight is 420 g/mol. The topological polar surface area (TPSA) is 144 Å². The number of urea groups is 1. The summed E-state index contributed by atoms with van der Waals surface area (Å²) in [5, 5.41) is 14.3.